The molecule has 154 valence electrons. The summed E-state index contributed by atoms with van der Waals surface area (Å²) in [4.78, 5) is 34.4. The molecule has 2 fully saturated rings. The van der Waals surface area contributed by atoms with Crippen molar-refractivity contribution in [1.29, 1.82) is 0 Å². The largest absolute Gasteiger partial charge is 0.368 e. The summed E-state index contributed by atoms with van der Waals surface area (Å²) in [6.45, 7) is 5.12. The number of hydrogen-bond acceptors (Lipinski definition) is 5. The molecular weight excluding hydrogens is 378 g/mol. The SMILES string of the molecule is CCn1nc(C(=O)N2CCN(c3ccncc3C3CC3)CC2)c2ccccc2c1=O. The van der Waals surface area contributed by atoms with Crippen LogP contribution >= 0.6 is 0 Å². The zero-order chi connectivity index (χ0) is 20.7. The molecule has 0 spiro atoms. The molecule has 2 aromatic heterocycles. The number of rotatable bonds is 4. The summed E-state index contributed by atoms with van der Waals surface area (Å²) in [7, 11) is 0. The highest BCUT2D eigenvalue weighted by Crippen LogP contribution is 2.44. The first-order chi connectivity index (χ1) is 14.7. The van der Waals surface area contributed by atoms with E-state index in [1.807, 2.05) is 42.4 Å². The molecule has 1 saturated carbocycles. The molecule has 1 aliphatic heterocycles. The third-order valence-electron chi connectivity index (χ3n) is 6.12. The Labute approximate surface area is 174 Å². The molecule has 0 bridgehead atoms. The van der Waals surface area contributed by atoms with Crippen LogP contribution in [-0.2, 0) is 6.54 Å². The third kappa shape index (κ3) is 3.24. The van der Waals surface area contributed by atoms with E-state index >= 15 is 0 Å². The summed E-state index contributed by atoms with van der Waals surface area (Å²) in [6.07, 6.45) is 6.32. The van der Waals surface area contributed by atoms with Crippen LogP contribution in [0.3, 0.4) is 0 Å². The fourth-order valence-electron chi connectivity index (χ4n) is 4.30. The Morgan fingerprint density at radius 1 is 1.07 bits per heavy atom. The minimum Gasteiger partial charge on any atom is -0.368 e. The third-order valence-corrected chi connectivity index (χ3v) is 6.12. The number of fused-ring (bicyclic) bond motifs is 1. The number of aromatic nitrogens is 3. The van der Waals surface area contributed by atoms with E-state index in [9.17, 15) is 9.59 Å². The number of carbonyl (C=O) groups excluding carboxylic acids is 1. The molecular formula is C23H25N5O2. The molecule has 0 radical (unpaired) electrons. The lowest BCUT2D eigenvalue weighted by Crippen LogP contribution is -2.49. The summed E-state index contributed by atoms with van der Waals surface area (Å²) in [5, 5.41) is 5.58. The smallest absolute Gasteiger partial charge is 0.275 e. The molecule has 30 heavy (non-hydrogen) atoms. The second kappa shape index (κ2) is 7.55. The molecule has 0 N–H and O–H groups in total. The number of anilines is 1. The molecule has 1 aromatic carbocycles. The van der Waals surface area contributed by atoms with Gasteiger partial charge in [-0.3, -0.25) is 14.6 Å². The number of amides is 1. The normalized spacial score (nSPS) is 16.8. The Hall–Kier alpha value is -3.22. The van der Waals surface area contributed by atoms with Crippen molar-refractivity contribution in [1.82, 2.24) is 19.7 Å². The minimum absolute atomic E-state index is 0.106. The maximum Gasteiger partial charge on any atom is 0.275 e. The second-order valence-electron chi connectivity index (χ2n) is 8.00. The standard InChI is InChI=1S/C23H25N5O2/c1-2-28-22(29)18-6-4-3-5-17(18)21(25-28)23(30)27-13-11-26(12-14-27)20-9-10-24-15-19(20)16-7-8-16/h3-6,9-10,15-16H,2,7-8,11-14H2,1H3. The van der Waals surface area contributed by atoms with Crippen molar-refractivity contribution in [3.05, 3.63) is 64.3 Å². The number of hydrogen-bond donors (Lipinski definition) is 0. The van der Waals surface area contributed by atoms with Gasteiger partial charge in [-0.25, -0.2) is 4.68 Å². The van der Waals surface area contributed by atoms with Gasteiger partial charge in [-0.2, -0.15) is 5.10 Å². The van der Waals surface area contributed by atoms with Crippen molar-refractivity contribution in [2.75, 3.05) is 31.1 Å². The molecule has 1 amide bonds. The van der Waals surface area contributed by atoms with Gasteiger partial charge in [0, 0.05) is 56.2 Å². The predicted molar refractivity (Wildman–Crippen MR) is 116 cm³/mol. The van der Waals surface area contributed by atoms with Crippen molar-refractivity contribution in [2.24, 2.45) is 0 Å². The van der Waals surface area contributed by atoms with Gasteiger partial charge >= 0.3 is 0 Å². The maximum atomic E-state index is 13.3. The van der Waals surface area contributed by atoms with E-state index in [-0.39, 0.29) is 11.5 Å². The fraction of sp³-hybridized carbons (Fsp3) is 0.391. The quantitative estimate of drug-likeness (QED) is 0.670. The summed E-state index contributed by atoms with van der Waals surface area (Å²) >= 11 is 0. The lowest BCUT2D eigenvalue weighted by molar-refractivity contribution is 0.0740. The maximum absolute atomic E-state index is 13.3. The summed E-state index contributed by atoms with van der Waals surface area (Å²) < 4.78 is 1.38. The first-order valence-electron chi connectivity index (χ1n) is 10.7. The lowest BCUT2D eigenvalue weighted by atomic mass is 10.1. The Morgan fingerprint density at radius 2 is 1.80 bits per heavy atom. The highest BCUT2D eigenvalue weighted by atomic mass is 16.2. The minimum atomic E-state index is -0.153. The highest BCUT2D eigenvalue weighted by molar-refractivity contribution is 6.04. The van der Waals surface area contributed by atoms with Crippen LogP contribution in [0.15, 0.2) is 47.5 Å². The van der Waals surface area contributed by atoms with Crippen LogP contribution in [0.4, 0.5) is 5.69 Å². The van der Waals surface area contributed by atoms with Crippen LogP contribution in [0.1, 0.15) is 41.7 Å². The van der Waals surface area contributed by atoms with Crippen molar-refractivity contribution in [3.63, 3.8) is 0 Å². The predicted octanol–water partition coefficient (Wildman–Crippen LogP) is 2.65. The van der Waals surface area contributed by atoms with Gasteiger partial charge in [0.05, 0.1) is 5.39 Å². The summed E-state index contributed by atoms with van der Waals surface area (Å²) in [6, 6.07) is 9.34. The fourth-order valence-corrected chi connectivity index (χ4v) is 4.30. The average Bonchev–Trinajstić information content (AvgIpc) is 3.65. The first-order valence-corrected chi connectivity index (χ1v) is 10.7. The van der Waals surface area contributed by atoms with Gasteiger partial charge in [-0.05, 0) is 43.4 Å². The van der Waals surface area contributed by atoms with Crippen LogP contribution in [0.25, 0.3) is 10.8 Å². The van der Waals surface area contributed by atoms with E-state index in [4.69, 9.17) is 0 Å². The van der Waals surface area contributed by atoms with Gasteiger partial charge < -0.3 is 9.80 Å². The molecule has 1 aliphatic carbocycles. The molecule has 7 heteroatoms. The van der Waals surface area contributed by atoms with Crippen molar-refractivity contribution >= 4 is 22.4 Å². The van der Waals surface area contributed by atoms with Gasteiger partial charge in [0.15, 0.2) is 5.69 Å². The van der Waals surface area contributed by atoms with E-state index in [1.54, 1.807) is 6.07 Å². The number of aryl methyl sites for hydroxylation is 1. The van der Waals surface area contributed by atoms with E-state index < -0.39 is 0 Å². The van der Waals surface area contributed by atoms with Gasteiger partial charge in [0.1, 0.15) is 0 Å². The van der Waals surface area contributed by atoms with E-state index in [0.717, 1.165) is 13.1 Å². The Balaban J connectivity index is 1.39. The molecule has 0 atom stereocenters. The first kappa shape index (κ1) is 18.8. The Kier molecular flexibility index (Phi) is 4.73. The van der Waals surface area contributed by atoms with E-state index in [2.05, 4.69) is 21.0 Å². The number of carbonyl (C=O) groups is 1. The number of benzene rings is 1. The van der Waals surface area contributed by atoms with Crippen LogP contribution < -0.4 is 10.5 Å². The zero-order valence-electron chi connectivity index (χ0n) is 17.1. The summed E-state index contributed by atoms with van der Waals surface area (Å²) in [5.74, 6) is 0.532. The molecule has 5 rings (SSSR count). The van der Waals surface area contributed by atoms with Gasteiger partial charge in [0.2, 0.25) is 0 Å². The van der Waals surface area contributed by atoms with E-state index in [1.165, 1.54) is 28.8 Å². The van der Waals surface area contributed by atoms with Crippen molar-refractivity contribution < 1.29 is 4.79 Å². The zero-order valence-corrected chi connectivity index (χ0v) is 17.1. The van der Waals surface area contributed by atoms with E-state index in [0.29, 0.717) is 42.0 Å². The lowest BCUT2D eigenvalue weighted by Gasteiger charge is -2.37. The average molecular weight is 403 g/mol. The van der Waals surface area contributed by atoms with Gasteiger partial charge in [-0.1, -0.05) is 18.2 Å². The highest BCUT2D eigenvalue weighted by Gasteiger charge is 2.30. The van der Waals surface area contributed by atoms with Crippen LogP contribution in [-0.4, -0.2) is 51.8 Å². The second-order valence-corrected chi connectivity index (χ2v) is 8.00. The number of pyridine rings is 1. The molecule has 0 unspecified atom stereocenters. The molecule has 7 nitrogen and oxygen atoms in total. The molecule has 3 aromatic rings. The van der Waals surface area contributed by atoms with Crippen molar-refractivity contribution in [2.45, 2.75) is 32.2 Å². The Morgan fingerprint density at radius 3 is 2.50 bits per heavy atom. The van der Waals surface area contributed by atoms with Crippen LogP contribution in [0.5, 0.6) is 0 Å². The molecule has 1 saturated heterocycles. The molecule has 2 aliphatic rings. The van der Waals surface area contributed by atoms with Crippen LogP contribution in [0.2, 0.25) is 0 Å². The topological polar surface area (TPSA) is 71.3 Å². The van der Waals surface area contributed by atoms with Gasteiger partial charge in [-0.15, -0.1) is 0 Å². The Bertz CT molecular complexity index is 1160. The number of nitrogens with zero attached hydrogens (tertiary/aromatic N) is 5. The van der Waals surface area contributed by atoms with Crippen LogP contribution in [0, 0.1) is 0 Å². The molecule has 3 heterocycles. The summed E-state index contributed by atoms with van der Waals surface area (Å²) in [5.41, 5.74) is 2.80. The number of piperazine rings is 1. The van der Waals surface area contributed by atoms with Crippen molar-refractivity contribution in [3.8, 4) is 0 Å². The monoisotopic (exact) mass is 403 g/mol. The van der Waals surface area contributed by atoms with Gasteiger partial charge in [0.25, 0.3) is 11.5 Å².